The number of fused-ring (bicyclic) bond motifs is 2. The molecule has 1 atom stereocenters. The van der Waals surface area contributed by atoms with E-state index in [-0.39, 0.29) is 16.7 Å². The fourth-order valence-electron chi connectivity index (χ4n) is 4.26. The molecular weight excluding hydrogens is 396 g/mol. The van der Waals surface area contributed by atoms with E-state index < -0.39 is 0 Å². The molecular formula is C24H18N2O3S. The van der Waals surface area contributed by atoms with Crippen molar-refractivity contribution in [1.29, 1.82) is 0 Å². The van der Waals surface area contributed by atoms with Crippen molar-refractivity contribution in [3.63, 3.8) is 0 Å². The SMILES string of the molecule is [C-]#[N+]c1ccc(Oc2ccc3c(c2)CCC[C@H]3c2sc(=O)[nH]c2O)c2ccccc12. The number of H-pyrrole nitrogens is 1. The lowest BCUT2D eigenvalue weighted by Crippen LogP contribution is -2.10. The highest BCUT2D eigenvalue weighted by atomic mass is 32.1. The van der Waals surface area contributed by atoms with Crippen LogP contribution >= 0.6 is 11.3 Å². The first-order valence-corrected chi connectivity index (χ1v) is 10.6. The minimum absolute atomic E-state index is 0.0189. The van der Waals surface area contributed by atoms with Crippen LogP contribution in [0.3, 0.4) is 0 Å². The highest BCUT2D eigenvalue weighted by molar-refractivity contribution is 7.09. The molecule has 5 nitrogen and oxygen atoms in total. The molecule has 5 rings (SSSR count). The third kappa shape index (κ3) is 3.14. The number of benzene rings is 3. The maximum absolute atomic E-state index is 11.6. The lowest BCUT2D eigenvalue weighted by atomic mass is 9.82. The minimum atomic E-state index is -0.232. The van der Waals surface area contributed by atoms with Crippen LogP contribution in [0.1, 0.15) is 34.8 Å². The Labute approximate surface area is 177 Å². The molecule has 0 radical (unpaired) electrons. The number of thiazole rings is 1. The predicted octanol–water partition coefficient (Wildman–Crippen LogP) is 6.11. The smallest absolute Gasteiger partial charge is 0.307 e. The van der Waals surface area contributed by atoms with Gasteiger partial charge in [-0.2, -0.15) is 0 Å². The second-order valence-electron chi connectivity index (χ2n) is 7.38. The van der Waals surface area contributed by atoms with E-state index in [1.807, 2.05) is 48.5 Å². The normalized spacial score (nSPS) is 15.5. The van der Waals surface area contributed by atoms with Gasteiger partial charge >= 0.3 is 4.87 Å². The van der Waals surface area contributed by atoms with E-state index in [0.29, 0.717) is 16.3 Å². The predicted molar refractivity (Wildman–Crippen MR) is 118 cm³/mol. The Morgan fingerprint density at radius 3 is 2.73 bits per heavy atom. The van der Waals surface area contributed by atoms with Crippen molar-refractivity contribution < 1.29 is 9.84 Å². The average molecular weight is 414 g/mol. The number of hydrogen-bond donors (Lipinski definition) is 2. The molecule has 0 amide bonds. The number of aryl methyl sites for hydroxylation is 1. The summed E-state index contributed by atoms with van der Waals surface area (Å²) in [6.45, 7) is 7.37. The summed E-state index contributed by atoms with van der Waals surface area (Å²) >= 11 is 1.08. The number of aromatic nitrogens is 1. The molecule has 4 aromatic rings. The molecule has 0 saturated heterocycles. The summed E-state index contributed by atoms with van der Waals surface area (Å²) < 4.78 is 6.22. The number of aromatic amines is 1. The first-order chi connectivity index (χ1) is 14.6. The Morgan fingerprint density at radius 1 is 1.13 bits per heavy atom. The van der Waals surface area contributed by atoms with Gasteiger partial charge in [0.05, 0.1) is 11.4 Å². The summed E-state index contributed by atoms with van der Waals surface area (Å²) in [4.78, 5) is 18.2. The van der Waals surface area contributed by atoms with Gasteiger partial charge in [0.2, 0.25) is 5.88 Å². The lowest BCUT2D eigenvalue weighted by Gasteiger charge is -2.25. The van der Waals surface area contributed by atoms with E-state index in [1.165, 1.54) is 5.56 Å². The van der Waals surface area contributed by atoms with Crippen molar-refractivity contribution in [3.8, 4) is 17.4 Å². The summed E-state index contributed by atoms with van der Waals surface area (Å²) in [5, 5.41) is 11.9. The van der Waals surface area contributed by atoms with Crippen LogP contribution in [0.25, 0.3) is 15.6 Å². The maximum atomic E-state index is 11.6. The number of aromatic hydroxyl groups is 1. The van der Waals surface area contributed by atoms with E-state index in [2.05, 4.69) is 9.83 Å². The molecule has 1 heterocycles. The number of ether oxygens (including phenoxy) is 1. The van der Waals surface area contributed by atoms with Crippen LogP contribution in [0.15, 0.2) is 59.4 Å². The second kappa shape index (κ2) is 7.36. The average Bonchev–Trinajstić information content (AvgIpc) is 3.11. The Hall–Kier alpha value is -3.56. The zero-order valence-corrected chi connectivity index (χ0v) is 16.8. The number of nitrogens with zero attached hydrogens (tertiary/aromatic N) is 1. The highest BCUT2D eigenvalue weighted by Crippen LogP contribution is 2.43. The molecule has 148 valence electrons. The van der Waals surface area contributed by atoms with Crippen LogP contribution in [0.5, 0.6) is 17.4 Å². The van der Waals surface area contributed by atoms with Crippen molar-refractivity contribution in [3.05, 3.63) is 91.7 Å². The molecule has 0 bridgehead atoms. The number of nitrogens with one attached hydrogen (secondary N) is 1. The minimum Gasteiger partial charge on any atom is -0.494 e. The van der Waals surface area contributed by atoms with E-state index in [4.69, 9.17) is 11.3 Å². The quantitative estimate of drug-likeness (QED) is 0.398. The molecule has 0 spiro atoms. The Morgan fingerprint density at radius 2 is 1.97 bits per heavy atom. The fourth-order valence-corrected chi connectivity index (χ4v) is 5.15. The monoisotopic (exact) mass is 414 g/mol. The van der Waals surface area contributed by atoms with Crippen molar-refractivity contribution in [1.82, 2.24) is 4.98 Å². The topological polar surface area (TPSA) is 66.7 Å². The van der Waals surface area contributed by atoms with E-state index in [9.17, 15) is 9.90 Å². The van der Waals surface area contributed by atoms with E-state index in [0.717, 1.165) is 52.7 Å². The summed E-state index contributed by atoms with van der Waals surface area (Å²) in [6, 6.07) is 17.4. The zero-order valence-electron chi connectivity index (χ0n) is 16.0. The molecule has 1 aliphatic rings. The van der Waals surface area contributed by atoms with Crippen LogP contribution in [0.4, 0.5) is 5.69 Å². The maximum Gasteiger partial charge on any atom is 0.307 e. The Kier molecular flexibility index (Phi) is 4.53. The van der Waals surface area contributed by atoms with Crippen LogP contribution in [0.2, 0.25) is 0 Å². The van der Waals surface area contributed by atoms with Gasteiger partial charge in [0.1, 0.15) is 11.5 Å². The van der Waals surface area contributed by atoms with Gasteiger partial charge in [-0.25, -0.2) is 4.85 Å². The van der Waals surface area contributed by atoms with Crippen LogP contribution < -0.4 is 9.61 Å². The summed E-state index contributed by atoms with van der Waals surface area (Å²) in [5.41, 5.74) is 2.91. The molecule has 6 heteroatoms. The molecule has 1 aliphatic carbocycles. The molecule has 3 aromatic carbocycles. The summed E-state index contributed by atoms with van der Waals surface area (Å²) in [6.07, 6.45) is 2.81. The van der Waals surface area contributed by atoms with Gasteiger partial charge in [0.25, 0.3) is 0 Å². The van der Waals surface area contributed by atoms with Gasteiger partial charge in [-0.3, -0.25) is 9.78 Å². The fraction of sp³-hybridized carbons (Fsp3) is 0.167. The standard InChI is InChI=1S/C24H18N2O3S/c1-25-20-11-12-21(18-7-3-2-6-17(18)20)29-15-9-10-16-14(13-15)5-4-8-19(16)22-23(27)26-24(28)30-22/h2-3,6-7,9-13,19,27H,4-5,8H2,(H,26,28)/t19-/m1/s1. The lowest BCUT2D eigenvalue weighted by molar-refractivity contribution is 0.443. The second-order valence-corrected chi connectivity index (χ2v) is 8.39. The molecule has 0 fully saturated rings. The van der Waals surface area contributed by atoms with Gasteiger partial charge in [-0.15, -0.1) is 0 Å². The zero-order chi connectivity index (χ0) is 20.7. The third-order valence-corrected chi connectivity index (χ3v) is 6.60. The van der Waals surface area contributed by atoms with Crippen molar-refractivity contribution in [2.75, 3.05) is 0 Å². The number of rotatable bonds is 3. The first kappa shape index (κ1) is 18.5. The Bertz CT molecular complexity index is 1360. The van der Waals surface area contributed by atoms with Gasteiger partial charge in [-0.05, 0) is 54.0 Å². The van der Waals surface area contributed by atoms with Crippen molar-refractivity contribution in [2.24, 2.45) is 0 Å². The van der Waals surface area contributed by atoms with Gasteiger partial charge < -0.3 is 9.84 Å². The molecule has 1 aromatic heterocycles. The van der Waals surface area contributed by atoms with Crippen molar-refractivity contribution >= 4 is 27.8 Å². The molecule has 0 saturated carbocycles. The molecule has 0 aliphatic heterocycles. The number of hydrogen-bond acceptors (Lipinski definition) is 4. The van der Waals surface area contributed by atoms with E-state index >= 15 is 0 Å². The summed E-state index contributed by atoms with van der Waals surface area (Å²) in [5.74, 6) is 1.45. The van der Waals surface area contributed by atoms with Crippen LogP contribution in [-0.4, -0.2) is 10.1 Å². The molecule has 30 heavy (non-hydrogen) atoms. The summed E-state index contributed by atoms with van der Waals surface area (Å²) in [7, 11) is 0. The first-order valence-electron chi connectivity index (χ1n) is 9.76. The van der Waals surface area contributed by atoms with Gasteiger partial charge in [-0.1, -0.05) is 47.7 Å². The van der Waals surface area contributed by atoms with Crippen LogP contribution in [-0.2, 0) is 6.42 Å². The van der Waals surface area contributed by atoms with E-state index in [1.54, 1.807) is 6.07 Å². The molecule has 0 unspecified atom stereocenters. The van der Waals surface area contributed by atoms with Gasteiger partial charge in [0.15, 0.2) is 5.69 Å². The van der Waals surface area contributed by atoms with Crippen LogP contribution in [0, 0.1) is 6.57 Å². The highest BCUT2D eigenvalue weighted by Gasteiger charge is 2.26. The van der Waals surface area contributed by atoms with Crippen molar-refractivity contribution in [2.45, 2.75) is 25.2 Å². The largest absolute Gasteiger partial charge is 0.494 e. The third-order valence-electron chi connectivity index (χ3n) is 5.61. The Balaban J connectivity index is 1.51. The molecule has 2 N–H and O–H groups in total. The van der Waals surface area contributed by atoms with Gasteiger partial charge in [0, 0.05) is 11.3 Å².